The number of esters is 2. The number of hydrogen-bond acceptors (Lipinski definition) is 8. The average molecular weight is 582 g/mol. The zero-order valence-electron chi connectivity index (χ0n) is 22.0. The van der Waals surface area contributed by atoms with Crippen LogP contribution in [-0.2, 0) is 30.8 Å². The third kappa shape index (κ3) is 6.64. The maximum Gasteiger partial charge on any atom is 0.338 e. The number of aromatic nitrogens is 1. The molecule has 1 N–H and O–H groups in total. The smallest absolute Gasteiger partial charge is 0.338 e. The number of amides is 1. The average Bonchev–Trinajstić information content (AvgIpc) is 3.25. The number of nitrogens with one attached hydrogen (secondary N) is 1. The van der Waals surface area contributed by atoms with Gasteiger partial charge in [-0.15, -0.1) is 0 Å². The first kappa shape index (κ1) is 28.7. The summed E-state index contributed by atoms with van der Waals surface area (Å²) in [4.78, 5) is 42.1. The van der Waals surface area contributed by atoms with Crippen LogP contribution in [-0.4, -0.2) is 44.0 Å². The molecule has 0 aliphatic heterocycles. The minimum atomic E-state index is -3.80. The maximum absolute atomic E-state index is 13.1. The van der Waals surface area contributed by atoms with Crippen molar-refractivity contribution in [1.82, 2.24) is 4.57 Å². The Morgan fingerprint density at radius 3 is 2.20 bits per heavy atom. The van der Waals surface area contributed by atoms with Crippen molar-refractivity contribution in [3.8, 4) is 0 Å². The molecule has 0 radical (unpaired) electrons. The van der Waals surface area contributed by atoms with E-state index in [0.717, 1.165) is 16.9 Å². The predicted molar refractivity (Wildman–Crippen MR) is 151 cm³/mol. The molecule has 4 rings (SSSR count). The number of benzene rings is 3. The molecular weight excluding hydrogens is 554 g/mol. The van der Waals surface area contributed by atoms with Gasteiger partial charge in [0, 0.05) is 11.3 Å². The van der Waals surface area contributed by atoms with Crippen molar-refractivity contribution in [3.63, 3.8) is 0 Å². The van der Waals surface area contributed by atoms with Gasteiger partial charge in [-0.3, -0.25) is 14.3 Å². The fraction of sp³-hybridized carbons (Fsp3) is 0.214. The molecule has 10 nitrogen and oxygen atoms in total. The molecule has 1 amide bonds. The Morgan fingerprint density at radius 1 is 0.900 bits per heavy atom. The number of carbonyl (C=O) groups is 3. The van der Waals surface area contributed by atoms with Crippen LogP contribution in [0.5, 0.6) is 0 Å². The molecular formula is C28H27N3O7S2. The highest BCUT2D eigenvalue weighted by Crippen LogP contribution is 2.21. The van der Waals surface area contributed by atoms with E-state index in [4.69, 9.17) is 9.47 Å². The van der Waals surface area contributed by atoms with Crippen molar-refractivity contribution in [1.29, 1.82) is 0 Å². The van der Waals surface area contributed by atoms with Crippen molar-refractivity contribution in [2.75, 3.05) is 17.9 Å². The fourth-order valence-electron chi connectivity index (χ4n) is 3.75. The topological polar surface area (TPSA) is 133 Å². The second-order valence-electron chi connectivity index (χ2n) is 8.59. The van der Waals surface area contributed by atoms with Crippen LogP contribution < -0.4 is 9.52 Å². The van der Waals surface area contributed by atoms with Gasteiger partial charge in [0.15, 0.2) is 4.80 Å². The van der Waals surface area contributed by atoms with Crippen LogP contribution in [0, 0.1) is 6.92 Å². The summed E-state index contributed by atoms with van der Waals surface area (Å²) in [7, 11) is -3.80. The van der Waals surface area contributed by atoms with Crippen molar-refractivity contribution in [2.45, 2.75) is 32.2 Å². The summed E-state index contributed by atoms with van der Waals surface area (Å²) in [5.41, 5.74) is 2.36. The lowest BCUT2D eigenvalue weighted by Gasteiger charge is -2.08. The van der Waals surface area contributed by atoms with E-state index in [-0.39, 0.29) is 40.7 Å². The van der Waals surface area contributed by atoms with Crippen LogP contribution in [0.3, 0.4) is 0 Å². The fourth-order valence-corrected chi connectivity index (χ4v) is 5.88. The van der Waals surface area contributed by atoms with Crippen LogP contribution in [0.15, 0.2) is 76.6 Å². The van der Waals surface area contributed by atoms with E-state index >= 15 is 0 Å². The number of anilines is 1. The summed E-state index contributed by atoms with van der Waals surface area (Å²) in [6, 6.07) is 17.2. The number of hydrogen-bond donors (Lipinski definition) is 1. The number of fused-ring (bicyclic) bond motifs is 1. The lowest BCUT2D eigenvalue weighted by atomic mass is 10.2. The van der Waals surface area contributed by atoms with Crippen LogP contribution in [0.25, 0.3) is 10.2 Å². The monoisotopic (exact) mass is 581 g/mol. The summed E-state index contributed by atoms with van der Waals surface area (Å²) in [5, 5.41) is 0. The third-order valence-corrected chi connectivity index (χ3v) is 8.14. The zero-order chi connectivity index (χ0) is 28.9. The maximum atomic E-state index is 13.1. The largest absolute Gasteiger partial charge is 0.465 e. The van der Waals surface area contributed by atoms with Gasteiger partial charge < -0.3 is 14.0 Å². The normalized spacial score (nSPS) is 11.8. The number of rotatable bonds is 9. The number of nitrogens with zero attached hydrogens (tertiary/aromatic N) is 2. The Morgan fingerprint density at radius 2 is 1.55 bits per heavy atom. The first-order valence-electron chi connectivity index (χ1n) is 12.4. The van der Waals surface area contributed by atoms with E-state index in [2.05, 4.69) is 9.71 Å². The number of thiazole rings is 1. The molecule has 0 atom stereocenters. The minimum absolute atomic E-state index is 0.121. The Balaban J connectivity index is 1.64. The highest BCUT2D eigenvalue weighted by Gasteiger charge is 2.17. The summed E-state index contributed by atoms with van der Waals surface area (Å²) in [6.45, 7) is 5.51. The highest BCUT2D eigenvalue weighted by molar-refractivity contribution is 7.92. The van der Waals surface area contributed by atoms with Crippen molar-refractivity contribution < 1.29 is 32.3 Å². The molecule has 0 fully saturated rings. The van der Waals surface area contributed by atoms with Gasteiger partial charge in [-0.1, -0.05) is 29.0 Å². The van der Waals surface area contributed by atoms with Gasteiger partial charge in [-0.25, -0.2) is 13.2 Å². The first-order chi connectivity index (χ1) is 19.1. The van der Waals surface area contributed by atoms with Crippen LogP contribution in [0.2, 0.25) is 0 Å². The SMILES string of the molecule is CCOC(=O)Cn1c(=NC(=O)c2ccc(NS(=O)(=O)c3ccc(C)cc3)cc2)sc2cc(C(=O)OCC)ccc21. The molecule has 1 heterocycles. The van der Waals surface area contributed by atoms with E-state index in [1.165, 1.54) is 36.4 Å². The molecule has 1 aromatic heterocycles. The van der Waals surface area contributed by atoms with E-state index in [1.807, 2.05) is 6.92 Å². The standard InChI is InChI=1S/C28H27N3O7S2/c1-4-37-25(32)17-31-23-15-10-20(27(34)38-5-2)16-24(23)39-28(31)29-26(33)19-8-11-21(12-9-19)30-40(35,36)22-13-6-18(3)7-14-22/h6-16,30H,4-5,17H2,1-3H3. The van der Waals surface area contributed by atoms with Crippen LogP contribution in [0.1, 0.15) is 40.1 Å². The summed E-state index contributed by atoms with van der Waals surface area (Å²) >= 11 is 1.13. The van der Waals surface area contributed by atoms with Crippen LogP contribution in [0.4, 0.5) is 5.69 Å². The summed E-state index contributed by atoms with van der Waals surface area (Å²) in [6.07, 6.45) is 0. The number of aryl methyl sites for hydroxylation is 1. The molecule has 0 unspecified atom stereocenters. The Bertz CT molecular complexity index is 1740. The van der Waals surface area contributed by atoms with Gasteiger partial charge in [0.1, 0.15) is 6.54 Å². The van der Waals surface area contributed by atoms with E-state index in [0.29, 0.717) is 15.8 Å². The molecule has 3 aromatic carbocycles. The quantitative estimate of drug-likeness (QED) is 0.292. The van der Waals surface area contributed by atoms with Gasteiger partial charge in [0.05, 0.1) is 33.9 Å². The number of ether oxygens (including phenoxy) is 2. The van der Waals surface area contributed by atoms with Gasteiger partial charge in [-0.05, 0) is 75.4 Å². The Labute approximate surface area is 234 Å². The van der Waals surface area contributed by atoms with Gasteiger partial charge in [0.2, 0.25) is 0 Å². The second kappa shape index (κ2) is 12.3. The van der Waals surface area contributed by atoms with E-state index in [1.54, 1.807) is 48.7 Å². The number of carbonyl (C=O) groups excluding carboxylic acids is 3. The molecule has 0 spiro atoms. The highest BCUT2D eigenvalue weighted by atomic mass is 32.2. The summed E-state index contributed by atoms with van der Waals surface area (Å²) in [5.74, 6) is -1.58. The van der Waals surface area contributed by atoms with E-state index < -0.39 is 27.9 Å². The van der Waals surface area contributed by atoms with Crippen molar-refractivity contribution >= 4 is 55.1 Å². The minimum Gasteiger partial charge on any atom is -0.465 e. The van der Waals surface area contributed by atoms with Gasteiger partial charge in [0.25, 0.3) is 15.9 Å². The van der Waals surface area contributed by atoms with Crippen molar-refractivity contribution in [2.24, 2.45) is 4.99 Å². The molecule has 0 saturated heterocycles. The predicted octanol–water partition coefficient (Wildman–Crippen LogP) is 4.29. The molecule has 208 valence electrons. The van der Waals surface area contributed by atoms with Crippen LogP contribution >= 0.6 is 11.3 Å². The molecule has 0 saturated carbocycles. The molecule has 0 aliphatic rings. The second-order valence-corrected chi connectivity index (χ2v) is 11.3. The molecule has 0 aliphatic carbocycles. The molecule has 0 bridgehead atoms. The van der Waals surface area contributed by atoms with Gasteiger partial charge >= 0.3 is 11.9 Å². The first-order valence-corrected chi connectivity index (χ1v) is 14.7. The lowest BCUT2D eigenvalue weighted by molar-refractivity contribution is -0.143. The zero-order valence-corrected chi connectivity index (χ0v) is 23.7. The van der Waals surface area contributed by atoms with Crippen molar-refractivity contribution in [3.05, 3.63) is 88.2 Å². The Hall–Kier alpha value is -4.29. The molecule has 12 heteroatoms. The lowest BCUT2D eigenvalue weighted by Crippen LogP contribution is -2.23. The van der Waals surface area contributed by atoms with E-state index in [9.17, 15) is 22.8 Å². The third-order valence-electron chi connectivity index (χ3n) is 5.70. The summed E-state index contributed by atoms with van der Waals surface area (Å²) < 4.78 is 40.2. The van der Waals surface area contributed by atoms with Gasteiger partial charge in [-0.2, -0.15) is 4.99 Å². The number of sulfonamides is 1. The molecule has 4 aromatic rings. The molecule has 40 heavy (non-hydrogen) atoms. The Kier molecular flexibility index (Phi) is 8.80.